The van der Waals surface area contributed by atoms with Gasteiger partial charge >= 0.3 is 0 Å². The van der Waals surface area contributed by atoms with E-state index >= 15 is 0 Å². The molecule has 1 unspecified atom stereocenters. The first-order valence-corrected chi connectivity index (χ1v) is 8.57. The van der Waals surface area contributed by atoms with Gasteiger partial charge in [-0.2, -0.15) is 11.8 Å². The average molecular weight is 295 g/mol. The van der Waals surface area contributed by atoms with E-state index in [0.717, 1.165) is 38.0 Å². The van der Waals surface area contributed by atoms with E-state index in [0.29, 0.717) is 11.6 Å². The van der Waals surface area contributed by atoms with Gasteiger partial charge < -0.3 is 10.1 Å². The minimum absolute atomic E-state index is 0.0935. The number of thioether (sulfide) groups is 1. The molecule has 2 saturated heterocycles. The van der Waals surface area contributed by atoms with Crippen LogP contribution in [0.1, 0.15) is 31.2 Å². The lowest BCUT2D eigenvalue weighted by atomic mass is 9.85. The van der Waals surface area contributed by atoms with E-state index in [-0.39, 0.29) is 11.4 Å². The maximum absolute atomic E-state index is 13.3. The molecule has 3 rings (SSSR count). The summed E-state index contributed by atoms with van der Waals surface area (Å²) in [6, 6.07) is 5.72. The van der Waals surface area contributed by atoms with Crippen LogP contribution in [0.25, 0.3) is 0 Å². The van der Waals surface area contributed by atoms with E-state index in [4.69, 9.17) is 4.74 Å². The molecule has 1 atom stereocenters. The van der Waals surface area contributed by atoms with Crippen LogP contribution in [0.3, 0.4) is 0 Å². The SMILES string of the molecule is Cc1cc(NC2CCOC3(CCSCC3)C2)ccc1F. The maximum Gasteiger partial charge on any atom is 0.126 e. The largest absolute Gasteiger partial charge is 0.382 e. The zero-order chi connectivity index (χ0) is 14.0. The van der Waals surface area contributed by atoms with Gasteiger partial charge in [0.1, 0.15) is 5.82 Å². The molecule has 2 nitrogen and oxygen atoms in total. The van der Waals surface area contributed by atoms with Crippen LogP contribution in [-0.2, 0) is 4.74 Å². The summed E-state index contributed by atoms with van der Waals surface area (Å²) < 4.78 is 19.4. The molecule has 0 radical (unpaired) electrons. The topological polar surface area (TPSA) is 21.3 Å². The molecule has 110 valence electrons. The Morgan fingerprint density at radius 2 is 2.15 bits per heavy atom. The number of hydrogen-bond acceptors (Lipinski definition) is 3. The van der Waals surface area contributed by atoms with Crippen LogP contribution in [0.2, 0.25) is 0 Å². The first kappa shape index (κ1) is 14.2. The molecule has 0 bridgehead atoms. The molecule has 0 amide bonds. The number of hydrogen-bond donors (Lipinski definition) is 1. The van der Waals surface area contributed by atoms with Crippen molar-refractivity contribution in [3.63, 3.8) is 0 Å². The van der Waals surface area contributed by atoms with Crippen LogP contribution in [0.15, 0.2) is 18.2 Å². The van der Waals surface area contributed by atoms with Crippen molar-refractivity contribution in [1.82, 2.24) is 0 Å². The van der Waals surface area contributed by atoms with Crippen molar-refractivity contribution in [3.05, 3.63) is 29.6 Å². The normalized spacial score (nSPS) is 25.6. The summed E-state index contributed by atoms with van der Waals surface area (Å²) in [5.74, 6) is 2.29. The molecule has 0 saturated carbocycles. The van der Waals surface area contributed by atoms with E-state index in [9.17, 15) is 4.39 Å². The second-order valence-corrected chi connectivity index (χ2v) is 7.17. The predicted octanol–water partition coefficient (Wildman–Crippen LogP) is 3.99. The summed E-state index contributed by atoms with van der Waals surface area (Å²) in [5, 5.41) is 3.57. The van der Waals surface area contributed by atoms with Gasteiger partial charge in [0.25, 0.3) is 0 Å². The Bertz CT molecular complexity index is 468. The third-order valence-electron chi connectivity index (χ3n) is 4.43. The van der Waals surface area contributed by atoms with Crippen LogP contribution in [0, 0.1) is 12.7 Å². The quantitative estimate of drug-likeness (QED) is 0.891. The van der Waals surface area contributed by atoms with Crippen molar-refractivity contribution in [2.24, 2.45) is 0 Å². The molecule has 2 fully saturated rings. The molecule has 1 aromatic rings. The Morgan fingerprint density at radius 1 is 1.35 bits per heavy atom. The first-order chi connectivity index (χ1) is 9.67. The second-order valence-electron chi connectivity index (χ2n) is 5.94. The number of nitrogens with one attached hydrogen (secondary N) is 1. The van der Waals surface area contributed by atoms with Gasteiger partial charge in [0.15, 0.2) is 0 Å². The summed E-state index contributed by atoms with van der Waals surface area (Å²) >= 11 is 2.03. The molecular weight excluding hydrogens is 273 g/mol. The Hall–Kier alpha value is -0.740. The zero-order valence-electron chi connectivity index (χ0n) is 12.0. The van der Waals surface area contributed by atoms with Crippen molar-refractivity contribution in [2.75, 3.05) is 23.4 Å². The van der Waals surface area contributed by atoms with Gasteiger partial charge in [-0.25, -0.2) is 4.39 Å². The van der Waals surface area contributed by atoms with Gasteiger partial charge in [-0.15, -0.1) is 0 Å². The van der Waals surface area contributed by atoms with E-state index in [2.05, 4.69) is 5.32 Å². The highest BCUT2D eigenvalue weighted by atomic mass is 32.2. The summed E-state index contributed by atoms with van der Waals surface area (Å²) in [7, 11) is 0. The van der Waals surface area contributed by atoms with Gasteiger partial charge in [0.05, 0.1) is 5.60 Å². The molecule has 20 heavy (non-hydrogen) atoms. The van der Waals surface area contributed by atoms with Crippen LogP contribution < -0.4 is 5.32 Å². The first-order valence-electron chi connectivity index (χ1n) is 7.41. The van der Waals surface area contributed by atoms with E-state index in [1.54, 1.807) is 6.07 Å². The van der Waals surface area contributed by atoms with Crippen LogP contribution in [-0.4, -0.2) is 29.8 Å². The number of aryl methyl sites for hydroxylation is 1. The van der Waals surface area contributed by atoms with Crippen LogP contribution in [0.5, 0.6) is 0 Å². The third kappa shape index (κ3) is 3.12. The standard InChI is InChI=1S/C16H22FNOS/c1-12-10-13(2-3-15(12)17)18-14-4-7-19-16(11-14)5-8-20-9-6-16/h2-3,10,14,18H,4-9,11H2,1H3. The van der Waals surface area contributed by atoms with E-state index in [1.807, 2.05) is 30.8 Å². The number of halogens is 1. The molecule has 1 aromatic carbocycles. The zero-order valence-corrected chi connectivity index (χ0v) is 12.8. The Kier molecular flexibility index (Phi) is 4.22. The molecule has 0 aromatic heterocycles. The fraction of sp³-hybridized carbons (Fsp3) is 0.625. The van der Waals surface area contributed by atoms with Gasteiger partial charge in [-0.1, -0.05) is 0 Å². The highest BCUT2D eigenvalue weighted by molar-refractivity contribution is 7.99. The number of rotatable bonds is 2. The lowest BCUT2D eigenvalue weighted by Gasteiger charge is -2.43. The van der Waals surface area contributed by atoms with Crippen molar-refractivity contribution in [1.29, 1.82) is 0 Å². The predicted molar refractivity (Wildman–Crippen MR) is 83.0 cm³/mol. The molecule has 0 aliphatic carbocycles. The second kappa shape index (κ2) is 5.94. The molecule has 1 N–H and O–H groups in total. The molecule has 2 heterocycles. The molecule has 4 heteroatoms. The van der Waals surface area contributed by atoms with Gasteiger partial charge in [0, 0.05) is 18.3 Å². The van der Waals surface area contributed by atoms with Crippen LogP contribution in [0.4, 0.5) is 10.1 Å². The molecule has 2 aliphatic rings. The summed E-state index contributed by atoms with van der Waals surface area (Å²) in [5.41, 5.74) is 1.82. The van der Waals surface area contributed by atoms with E-state index < -0.39 is 0 Å². The Morgan fingerprint density at radius 3 is 2.90 bits per heavy atom. The monoisotopic (exact) mass is 295 g/mol. The minimum atomic E-state index is -0.136. The van der Waals surface area contributed by atoms with Gasteiger partial charge in [-0.05, 0) is 67.9 Å². The number of benzene rings is 1. The highest BCUT2D eigenvalue weighted by Crippen LogP contribution is 2.38. The minimum Gasteiger partial charge on any atom is -0.382 e. The lowest BCUT2D eigenvalue weighted by molar-refractivity contribution is -0.0865. The van der Waals surface area contributed by atoms with Crippen molar-refractivity contribution >= 4 is 17.4 Å². The highest BCUT2D eigenvalue weighted by Gasteiger charge is 2.38. The van der Waals surface area contributed by atoms with Gasteiger partial charge in [-0.3, -0.25) is 0 Å². The van der Waals surface area contributed by atoms with Crippen molar-refractivity contribution < 1.29 is 9.13 Å². The maximum atomic E-state index is 13.3. The summed E-state index contributed by atoms with van der Waals surface area (Å²) in [6.07, 6.45) is 4.44. The van der Waals surface area contributed by atoms with E-state index in [1.165, 1.54) is 11.5 Å². The summed E-state index contributed by atoms with van der Waals surface area (Å²) in [6.45, 7) is 2.65. The average Bonchev–Trinajstić information content (AvgIpc) is 2.44. The number of ether oxygens (including phenoxy) is 1. The van der Waals surface area contributed by atoms with Crippen molar-refractivity contribution in [3.8, 4) is 0 Å². The fourth-order valence-electron chi connectivity index (χ4n) is 3.21. The number of anilines is 1. The van der Waals surface area contributed by atoms with Crippen molar-refractivity contribution in [2.45, 2.75) is 44.2 Å². The third-order valence-corrected chi connectivity index (χ3v) is 5.41. The van der Waals surface area contributed by atoms with Gasteiger partial charge in [0.2, 0.25) is 0 Å². The lowest BCUT2D eigenvalue weighted by Crippen LogP contribution is -2.46. The molecule has 1 spiro atoms. The van der Waals surface area contributed by atoms with Crippen LogP contribution >= 0.6 is 11.8 Å². The Balaban J connectivity index is 1.66. The molecular formula is C16H22FNOS. The fourth-order valence-corrected chi connectivity index (χ4v) is 4.45. The summed E-state index contributed by atoms with van der Waals surface area (Å²) in [4.78, 5) is 0. The molecule has 2 aliphatic heterocycles. The smallest absolute Gasteiger partial charge is 0.126 e. The Labute approximate surface area is 124 Å².